The Morgan fingerprint density at radius 1 is 1.14 bits per heavy atom. The van der Waals surface area contributed by atoms with Crippen LogP contribution in [0.4, 0.5) is 0 Å². The average molecular weight is 208 g/mol. The lowest BCUT2D eigenvalue weighted by Gasteiger charge is -2.08. The molecule has 1 heteroatoms. The number of aryl methyl sites for hydroxylation is 1. The van der Waals surface area contributed by atoms with Gasteiger partial charge in [-0.05, 0) is 35.6 Å². The molecule has 1 rings (SSSR count). The van der Waals surface area contributed by atoms with Crippen molar-refractivity contribution in [2.45, 2.75) is 33.1 Å². The summed E-state index contributed by atoms with van der Waals surface area (Å²) in [6, 6.07) is 9.02. The van der Waals surface area contributed by atoms with Crippen molar-refractivity contribution in [3.8, 4) is 0 Å². The van der Waals surface area contributed by atoms with Crippen LogP contribution in [0.3, 0.4) is 0 Å². The van der Waals surface area contributed by atoms with Gasteiger partial charge in [0.05, 0.1) is 0 Å². The first-order chi connectivity index (χ1) is 6.76. The molecular weight excluding hydrogens is 188 g/mol. The molecular formula is C13H20S. The summed E-state index contributed by atoms with van der Waals surface area (Å²) in [4.78, 5) is 0. The summed E-state index contributed by atoms with van der Waals surface area (Å²) in [6.45, 7) is 4.46. The van der Waals surface area contributed by atoms with Crippen LogP contribution in [0.1, 0.15) is 31.4 Å². The lowest BCUT2D eigenvalue weighted by molar-refractivity contribution is 0.660. The van der Waals surface area contributed by atoms with E-state index in [2.05, 4.69) is 50.7 Å². The fraction of sp³-hybridized carbons (Fsp3) is 0.538. The van der Waals surface area contributed by atoms with Gasteiger partial charge in [-0.3, -0.25) is 0 Å². The maximum atomic E-state index is 4.30. The van der Waals surface area contributed by atoms with Crippen molar-refractivity contribution in [2.75, 3.05) is 5.75 Å². The number of hydrogen-bond acceptors (Lipinski definition) is 1. The van der Waals surface area contributed by atoms with Gasteiger partial charge in [0.25, 0.3) is 0 Å². The standard InChI is InChI=1S/C13H20S/c1-3-4-12-5-7-13(8-6-12)9-11(2)10-14/h5-8,11,14H,3-4,9-10H2,1-2H3. The molecule has 0 heterocycles. The zero-order valence-corrected chi connectivity index (χ0v) is 10.1. The molecule has 1 unspecified atom stereocenters. The zero-order chi connectivity index (χ0) is 10.4. The van der Waals surface area contributed by atoms with Crippen LogP contribution in [0.15, 0.2) is 24.3 Å². The van der Waals surface area contributed by atoms with Gasteiger partial charge in [-0.1, -0.05) is 44.5 Å². The molecule has 0 aliphatic carbocycles. The van der Waals surface area contributed by atoms with Crippen molar-refractivity contribution < 1.29 is 0 Å². The molecule has 0 saturated carbocycles. The molecule has 0 saturated heterocycles. The molecule has 0 fully saturated rings. The van der Waals surface area contributed by atoms with Gasteiger partial charge >= 0.3 is 0 Å². The number of hydrogen-bond donors (Lipinski definition) is 1. The third-order valence-corrected chi connectivity index (χ3v) is 3.08. The Morgan fingerprint density at radius 2 is 1.71 bits per heavy atom. The van der Waals surface area contributed by atoms with Gasteiger partial charge < -0.3 is 0 Å². The van der Waals surface area contributed by atoms with Gasteiger partial charge in [0.1, 0.15) is 0 Å². The maximum absolute atomic E-state index is 4.30. The Bertz CT molecular complexity index is 250. The largest absolute Gasteiger partial charge is 0.179 e. The van der Waals surface area contributed by atoms with E-state index in [0.717, 1.165) is 12.2 Å². The van der Waals surface area contributed by atoms with Crippen molar-refractivity contribution >= 4 is 12.6 Å². The molecule has 0 aromatic heterocycles. The van der Waals surface area contributed by atoms with E-state index in [1.165, 1.54) is 24.0 Å². The van der Waals surface area contributed by atoms with E-state index in [4.69, 9.17) is 0 Å². The second-order valence-corrected chi connectivity index (χ2v) is 4.42. The maximum Gasteiger partial charge on any atom is -0.00690 e. The van der Waals surface area contributed by atoms with Crippen molar-refractivity contribution in [1.82, 2.24) is 0 Å². The Morgan fingerprint density at radius 3 is 2.21 bits per heavy atom. The lowest BCUT2D eigenvalue weighted by atomic mass is 10.0. The van der Waals surface area contributed by atoms with E-state index in [0.29, 0.717) is 5.92 Å². The topological polar surface area (TPSA) is 0 Å². The first-order valence-corrected chi connectivity index (χ1v) is 6.08. The van der Waals surface area contributed by atoms with Crippen molar-refractivity contribution in [1.29, 1.82) is 0 Å². The van der Waals surface area contributed by atoms with E-state index < -0.39 is 0 Å². The summed E-state index contributed by atoms with van der Waals surface area (Å²) in [5, 5.41) is 0. The molecule has 1 aromatic carbocycles. The summed E-state index contributed by atoms with van der Waals surface area (Å²) >= 11 is 4.30. The average Bonchev–Trinajstić information content (AvgIpc) is 2.21. The first-order valence-electron chi connectivity index (χ1n) is 5.45. The van der Waals surface area contributed by atoms with Gasteiger partial charge in [0.15, 0.2) is 0 Å². The second-order valence-electron chi connectivity index (χ2n) is 4.06. The van der Waals surface area contributed by atoms with Crippen LogP contribution in [0.5, 0.6) is 0 Å². The normalized spacial score (nSPS) is 12.8. The molecule has 14 heavy (non-hydrogen) atoms. The lowest BCUT2D eigenvalue weighted by Crippen LogP contribution is -2.00. The van der Waals surface area contributed by atoms with E-state index in [-0.39, 0.29) is 0 Å². The summed E-state index contributed by atoms with van der Waals surface area (Å²) in [5.74, 6) is 1.65. The van der Waals surface area contributed by atoms with Crippen LogP contribution in [-0.2, 0) is 12.8 Å². The summed E-state index contributed by atoms with van der Waals surface area (Å²) in [7, 11) is 0. The van der Waals surface area contributed by atoms with Crippen LogP contribution < -0.4 is 0 Å². The summed E-state index contributed by atoms with van der Waals surface area (Å²) in [6.07, 6.45) is 3.57. The Balaban J connectivity index is 2.54. The SMILES string of the molecule is CCCc1ccc(CC(C)CS)cc1. The van der Waals surface area contributed by atoms with Crippen molar-refractivity contribution in [2.24, 2.45) is 5.92 Å². The van der Waals surface area contributed by atoms with Crippen LogP contribution in [0.2, 0.25) is 0 Å². The Kier molecular flexibility index (Phi) is 5.10. The molecule has 78 valence electrons. The van der Waals surface area contributed by atoms with Gasteiger partial charge in [0.2, 0.25) is 0 Å². The summed E-state index contributed by atoms with van der Waals surface area (Å²) < 4.78 is 0. The molecule has 1 aromatic rings. The number of rotatable bonds is 5. The molecule has 0 amide bonds. The van der Waals surface area contributed by atoms with Crippen LogP contribution in [0.25, 0.3) is 0 Å². The quantitative estimate of drug-likeness (QED) is 0.700. The van der Waals surface area contributed by atoms with Gasteiger partial charge in [-0.2, -0.15) is 12.6 Å². The number of thiol groups is 1. The van der Waals surface area contributed by atoms with Crippen LogP contribution >= 0.6 is 12.6 Å². The van der Waals surface area contributed by atoms with Gasteiger partial charge in [-0.15, -0.1) is 0 Å². The third kappa shape index (κ3) is 3.75. The van der Waals surface area contributed by atoms with E-state index in [1.807, 2.05) is 0 Å². The smallest absolute Gasteiger partial charge is 0.00690 e. The highest BCUT2D eigenvalue weighted by molar-refractivity contribution is 7.80. The predicted octanol–water partition coefficient (Wildman–Crippen LogP) is 3.75. The van der Waals surface area contributed by atoms with E-state index >= 15 is 0 Å². The van der Waals surface area contributed by atoms with Crippen molar-refractivity contribution in [3.63, 3.8) is 0 Å². The summed E-state index contributed by atoms with van der Waals surface area (Å²) in [5.41, 5.74) is 2.89. The van der Waals surface area contributed by atoms with Gasteiger partial charge in [-0.25, -0.2) is 0 Å². The monoisotopic (exact) mass is 208 g/mol. The van der Waals surface area contributed by atoms with E-state index in [9.17, 15) is 0 Å². The molecule has 0 aliphatic rings. The molecule has 1 atom stereocenters. The van der Waals surface area contributed by atoms with Crippen LogP contribution in [-0.4, -0.2) is 5.75 Å². The second kappa shape index (κ2) is 6.13. The fourth-order valence-corrected chi connectivity index (χ4v) is 1.73. The Labute approximate surface area is 93.1 Å². The zero-order valence-electron chi connectivity index (χ0n) is 9.16. The Hall–Kier alpha value is -0.430. The van der Waals surface area contributed by atoms with Gasteiger partial charge in [0, 0.05) is 0 Å². The minimum absolute atomic E-state index is 0.676. The first kappa shape index (κ1) is 11.6. The molecule has 0 nitrogen and oxygen atoms in total. The van der Waals surface area contributed by atoms with Crippen LogP contribution in [0, 0.1) is 5.92 Å². The molecule has 0 bridgehead atoms. The fourth-order valence-electron chi connectivity index (χ4n) is 1.60. The highest BCUT2D eigenvalue weighted by Crippen LogP contribution is 2.12. The highest BCUT2D eigenvalue weighted by atomic mass is 32.1. The highest BCUT2D eigenvalue weighted by Gasteiger charge is 2.01. The van der Waals surface area contributed by atoms with E-state index in [1.54, 1.807) is 0 Å². The third-order valence-electron chi connectivity index (χ3n) is 2.46. The minimum Gasteiger partial charge on any atom is -0.179 e. The number of benzene rings is 1. The predicted molar refractivity (Wildman–Crippen MR) is 67.2 cm³/mol. The van der Waals surface area contributed by atoms with Crippen molar-refractivity contribution in [3.05, 3.63) is 35.4 Å². The molecule has 0 spiro atoms. The minimum atomic E-state index is 0.676. The molecule has 0 radical (unpaired) electrons. The molecule has 0 aliphatic heterocycles. The molecule has 0 N–H and O–H groups in total.